The van der Waals surface area contributed by atoms with Crippen LogP contribution < -0.4 is 20.9 Å². The van der Waals surface area contributed by atoms with Crippen LogP contribution in [-0.2, 0) is 18.9 Å². The second kappa shape index (κ2) is 7.48. The molecule has 32 heavy (non-hydrogen) atoms. The van der Waals surface area contributed by atoms with Gasteiger partial charge in [0.05, 0.1) is 31.1 Å². The minimum Gasteiger partial charge on any atom is -0.494 e. The van der Waals surface area contributed by atoms with Crippen molar-refractivity contribution in [3.05, 3.63) is 34.6 Å². The molecular formula is C20H21N9O3. The number of carbonyl (C=O) groups excluding carboxylic acids is 1. The number of nitrogens with zero attached hydrogens (tertiary/aromatic N) is 6. The van der Waals surface area contributed by atoms with Crippen molar-refractivity contribution in [2.75, 3.05) is 17.7 Å². The standard InChI is InChI=1S/C20H21N9O3/c1-28-20(31)15-13(9-14(22-18(15)25-28)23-19(30)10-7-8-10)21-12-6-4-5-11(16(12)32-3)17-24-27-29(2)26-17/h4-6,9-10H,7-8H2,1-3H3,(H3,21,22,23,25,30). The number of methoxy groups -OCH3 is 1. The van der Waals surface area contributed by atoms with E-state index in [1.807, 2.05) is 18.2 Å². The number of aromatic amines is 1. The van der Waals surface area contributed by atoms with Gasteiger partial charge in [-0.25, -0.2) is 4.98 Å². The van der Waals surface area contributed by atoms with Crippen molar-refractivity contribution >= 4 is 34.1 Å². The van der Waals surface area contributed by atoms with E-state index in [4.69, 9.17) is 4.74 Å². The van der Waals surface area contributed by atoms with Gasteiger partial charge in [0.25, 0.3) is 5.56 Å². The summed E-state index contributed by atoms with van der Waals surface area (Å²) in [5.74, 6) is 1.19. The van der Waals surface area contributed by atoms with Crippen LogP contribution in [0.1, 0.15) is 12.8 Å². The number of fused-ring (bicyclic) bond motifs is 1. The van der Waals surface area contributed by atoms with Crippen LogP contribution in [0.5, 0.6) is 5.75 Å². The molecule has 0 unspecified atom stereocenters. The summed E-state index contributed by atoms with van der Waals surface area (Å²) in [5.41, 5.74) is 1.82. The lowest BCUT2D eigenvalue weighted by molar-refractivity contribution is -0.117. The smallest absolute Gasteiger partial charge is 0.277 e. The molecule has 0 spiro atoms. The minimum absolute atomic E-state index is 0.0231. The molecule has 164 valence electrons. The first kappa shape index (κ1) is 19.7. The number of hydrogen-bond donors (Lipinski definition) is 3. The number of anilines is 3. The van der Waals surface area contributed by atoms with Crippen molar-refractivity contribution in [1.29, 1.82) is 0 Å². The number of hydrogen-bond acceptors (Lipinski definition) is 8. The van der Waals surface area contributed by atoms with Crippen LogP contribution >= 0.6 is 0 Å². The second-order valence-electron chi connectivity index (χ2n) is 7.63. The van der Waals surface area contributed by atoms with Crippen molar-refractivity contribution in [2.24, 2.45) is 20.0 Å². The SMILES string of the molecule is COc1c(Nc2cc(NC(=O)C3CC3)nc3[nH]n(C)c(=O)c23)cccc1-c1nnn(C)n1. The maximum absolute atomic E-state index is 12.7. The molecule has 12 heteroatoms. The highest BCUT2D eigenvalue weighted by Gasteiger charge is 2.30. The first-order chi connectivity index (χ1) is 15.4. The van der Waals surface area contributed by atoms with Crippen molar-refractivity contribution in [2.45, 2.75) is 12.8 Å². The van der Waals surface area contributed by atoms with E-state index in [0.717, 1.165) is 12.8 Å². The first-order valence-corrected chi connectivity index (χ1v) is 10.0. The summed E-state index contributed by atoms with van der Waals surface area (Å²) in [6.07, 6.45) is 1.75. The molecule has 5 rings (SSSR count). The Hall–Kier alpha value is -4.22. The van der Waals surface area contributed by atoms with Crippen molar-refractivity contribution in [1.82, 2.24) is 35.0 Å². The fraction of sp³-hybridized carbons (Fsp3) is 0.300. The van der Waals surface area contributed by atoms with E-state index in [9.17, 15) is 9.59 Å². The molecule has 4 aromatic rings. The molecule has 1 amide bonds. The van der Waals surface area contributed by atoms with Crippen LogP contribution in [0.4, 0.5) is 17.2 Å². The highest BCUT2D eigenvalue weighted by molar-refractivity contribution is 5.98. The number of carbonyl (C=O) groups is 1. The molecule has 3 heterocycles. The van der Waals surface area contributed by atoms with Crippen LogP contribution in [0.3, 0.4) is 0 Å². The largest absolute Gasteiger partial charge is 0.494 e. The van der Waals surface area contributed by atoms with E-state index in [0.29, 0.717) is 45.4 Å². The lowest BCUT2D eigenvalue weighted by atomic mass is 10.1. The number of aromatic nitrogens is 7. The predicted octanol–water partition coefficient (Wildman–Crippen LogP) is 1.55. The van der Waals surface area contributed by atoms with Gasteiger partial charge < -0.3 is 15.4 Å². The minimum atomic E-state index is -0.249. The third-order valence-corrected chi connectivity index (χ3v) is 5.25. The number of tetrazole rings is 1. The predicted molar refractivity (Wildman–Crippen MR) is 117 cm³/mol. The Morgan fingerprint density at radius 1 is 1.25 bits per heavy atom. The lowest BCUT2D eigenvalue weighted by Crippen LogP contribution is -2.15. The Labute approximate surface area is 181 Å². The molecule has 0 bridgehead atoms. The first-order valence-electron chi connectivity index (χ1n) is 10.0. The van der Waals surface area contributed by atoms with Gasteiger partial charge in [0.15, 0.2) is 11.4 Å². The molecular weight excluding hydrogens is 414 g/mol. The number of pyridine rings is 1. The van der Waals surface area contributed by atoms with Gasteiger partial charge in [-0.15, -0.1) is 10.2 Å². The number of aryl methyl sites for hydroxylation is 2. The van der Waals surface area contributed by atoms with Gasteiger partial charge in [-0.1, -0.05) is 6.07 Å². The van der Waals surface area contributed by atoms with Gasteiger partial charge >= 0.3 is 0 Å². The van der Waals surface area contributed by atoms with Gasteiger partial charge in [0, 0.05) is 19.0 Å². The van der Waals surface area contributed by atoms with Crippen molar-refractivity contribution in [3.63, 3.8) is 0 Å². The summed E-state index contributed by atoms with van der Waals surface area (Å²) < 4.78 is 6.98. The average Bonchev–Trinajstić information content (AvgIpc) is 3.47. The Balaban J connectivity index is 1.60. The summed E-state index contributed by atoms with van der Waals surface area (Å²) in [6.45, 7) is 0. The van der Waals surface area contributed by atoms with Crippen LogP contribution in [-0.4, -0.2) is 48.0 Å². The van der Waals surface area contributed by atoms with E-state index in [2.05, 4.69) is 36.1 Å². The summed E-state index contributed by atoms with van der Waals surface area (Å²) in [5, 5.41) is 21.6. The summed E-state index contributed by atoms with van der Waals surface area (Å²) in [7, 11) is 4.83. The monoisotopic (exact) mass is 435 g/mol. The number of para-hydroxylation sites is 1. The number of amides is 1. The molecule has 1 saturated carbocycles. The Kier molecular flexibility index (Phi) is 4.61. The molecule has 0 radical (unpaired) electrons. The lowest BCUT2D eigenvalue weighted by Gasteiger charge is -2.15. The van der Waals surface area contributed by atoms with E-state index in [1.54, 1.807) is 27.3 Å². The van der Waals surface area contributed by atoms with Gasteiger partial charge in [-0.05, 0) is 30.2 Å². The third-order valence-electron chi connectivity index (χ3n) is 5.25. The van der Waals surface area contributed by atoms with E-state index in [-0.39, 0.29) is 17.4 Å². The Morgan fingerprint density at radius 3 is 2.75 bits per heavy atom. The fourth-order valence-corrected chi connectivity index (χ4v) is 3.52. The van der Waals surface area contributed by atoms with E-state index < -0.39 is 0 Å². The summed E-state index contributed by atoms with van der Waals surface area (Å²) in [4.78, 5) is 30.8. The zero-order chi connectivity index (χ0) is 22.4. The zero-order valence-electron chi connectivity index (χ0n) is 17.7. The highest BCUT2D eigenvalue weighted by Crippen LogP contribution is 2.37. The normalized spacial score (nSPS) is 13.3. The van der Waals surface area contributed by atoms with E-state index >= 15 is 0 Å². The second-order valence-corrected chi connectivity index (χ2v) is 7.63. The molecule has 1 fully saturated rings. The van der Waals surface area contributed by atoms with Crippen LogP contribution in [0, 0.1) is 5.92 Å². The molecule has 1 aliphatic rings. The number of H-pyrrole nitrogens is 1. The molecule has 3 N–H and O–H groups in total. The maximum Gasteiger partial charge on any atom is 0.277 e. The fourth-order valence-electron chi connectivity index (χ4n) is 3.52. The molecule has 1 aromatic carbocycles. The van der Waals surface area contributed by atoms with Gasteiger partial charge in [-0.3, -0.25) is 19.4 Å². The number of nitrogens with one attached hydrogen (secondary N) is 3. The molecule has 3 aromatic heterocycles. The molecule has 0 aliphatic heterocycles. The van der Waals surface area contributed by atoms with Crippen LogP contribution in [0.15, 0.2) is 29.1 Å². The summed E-state index contributed by atoms with van der Waals surface area (Å²) >= 11 is 0. The highest BCUT2D eigenvalue weighted by atomic mass is 16.5. The van der Waals surface area contributed by atoms with Crippen LogP contribution in [0.25, 0.3) is 22.4 Å². The quantitative estimate of drug-likeness (QED) is 0.414. The van der Waals surface area contributed by atoms with Gasteiger partial charge in [0.1, 0.15) is 11.2 Å². The number of benzene rings is 1. The number of ether oxygens (including phenoxy) is 1. The van der Waals surface area contributed by atoms with Crippen molar-refractivity contribution in [3.8, 4) is 17.1 Å². The number of rotatable bonds is 6. The Morgan fingerprint density at radius 2 is 2.06 bits per heavy atom. The van der Waals surface area contributed by atoms with Crippen molar-refractivity contribution < 1.29 is 9.53 Å². The average molecular weight is 435 g/mol. The van der Waals surface area contributed by atoms with Gasteiger partial charge in [-0.2, -0.15) is 4.80 Å². The van der Waals surface area contributed by atoms with Gasteiger partial charge in [0.2, 0.25) is 11.7 Å². The third kappa shape index (κ3) is 3.45. The zero-order valence-corrected chi connectivity index (χ0v) is 17.7. The Bertz CT molecular complexity index is 1400. The summed E-state index contributed by atoms with van der Waals surface area (Å²) in [6, 6.07) is 7.09. The molecule has 0 atom stereocenters. The maximum atomic E-state index is 12.7. The van der Waals surface area contributed by atoms with Crippen LogP contribution in [0.2, 0.25) is 0 Å². The van der Waals surface area contributed by atoms with E-state index in [1.165, 1.54) is 9.48 Å². The topological polar surface area (TPSA) is 145 Å². The molecule has 1 aliphatic carbocycles. The molecule has 0 saturated heterocycles. The molecule has 12 nitrogen and oxygen atoms in total.